The summed E-state index contributed by atoms with van der Waals surface area (Å²) in [6.07, 6.45) is 1.64. The number of methoxy groups -OCH3 is 1. The highest BCUT2D eigenvalue weighted by Gasteiger charge is 2.08. The highest BCUT2D eigenvalue weighted by molar-refractivity contribution is 5.94. The van der Waals surface area contributed by atoms with Gasteiger partial charge in [0.1, 0.15) is 11.5 Å². The Kier molecular flexibility index (Phi) is 8.69. The standard InChI is InChI=1S/C22H26N2O5/c1-16(25)29-20-9-4-7-18(15-20)22(27)24-13-5-12-23-21(26)11-10-17-6-3-8-19(14-17)28-2/h3-4,6-9,14-15H,5,10-13H2,1-2H3,(H,23,26)(H,24,27). The third kappa shape index (κ3) is 8.04. The van der Waals surface area contributed by atoms with Gasteiger partial charge in [0, 0.05) is 32.0 Å². The molecule has 0 bridgehead atoms. The molecular weight excluding hydrogens is 372 g/mol. The van der Waals surface area contributed by atoms with Crippen LogP contribution in [-0.2, 0) is 16.0 Å². The molecule has 29 heavy (non-hydrogen) atoms. The van der Waals surface area contributed by atoms with E-state index in [1.807, 2.05) is 24.3 Å². The van der Waals surface area contributed by atoms with Crippen LogP contribution < -0.4 is 20.1 Å². The Hall–Kier alpha value is -3.35. The van der Waals surface area contributed by atoms with Crippen LogP contribution in [0.25, 0.3) is 0 Å². The second-order valence-corrected chi connectivity index (χ2v) is 6.43. The normalized spacial score (nSPS) is 10.1. The average molecular weight is 398 g/mol. The number of amides is 2. The Bertz CT molecular complexity index is 851. The summed E-state index contributed by atoms with van der Waals surface area (Å²) in [7, 11) is 1.61. The van der Waals surface area contributed by atoms with Gasteiger partial charge in [0.25, 0.3) is 5.91 Å². The summed E-state index contributed by atoms with van der Waals surface area (Å²) in [4.78, 5) is 35.1. The topological polar surface area (TPSA) is 93.7 Å². The van der Waals surface area contributed by atoms with Crippen molar-refractivity contribution in [2.75, 3.05) is 20.2 Å². The minimum atomic E-state index is -0.440. The number of carbonyl (C=O) groups excluding carboxylic acids is 3. The minimum absolute atomic E-state index is 0.0340. The number of hydrogen-bond donors (Lipinski definition) is 2. The van der Waals surface area contributed by atoms with Crippen molar-refractivity contribution in [3.05, 3.63) is 59.7 Å². The van der Waals surface area contributed by atoms with Crippen LogP contribution in [0.2, 0.25) is 0 Å². The van der Waals surface area contributed by atoms with Crippen molar-refractivity contribution in [1.82, 2.24) is 10.6 Å². The largest absolute Gasteiger partial charge is 0.497 e. The van der Waals surface area contributed by atoms with E-state index >= 15 is 0 Å². The quantitative estimate of drug-likeness (QED) is 0.364. The fourth-order valence-electron chi connectivity index (χ4n) is 2.66. The molecule has 0 saturated carbocycles. The van der Waals surface area contributed by atoms with Crippen LogP contribution in [0, 0.1) is 0 Å². The molecule has 0 aromatic heterocycles. The summed E-state index contributed by atoms with van der Waals surface area (Å²) in [5.74, 6) is 0.367. The predicted octanol–water partition coefficient (Wildman–Crippen LogP) is 2.49. The first-order valence-corrected chi connectivity index (χ1v) is 9.44. The maximum atomic E-state index is 12.1. The van der Waals surface area contributed by atoms with Crippen LogP contribution in [0.1, 0.15) is 35.7 Å². The van der Waals surface area contributed by atoms with E-state index in [1.54, 1.807) is 25.3 Å². The second kappa shape index (κ2) is 11.5. The number of esters is 1. The lowest BCUT2D eigenvalue weighted by Crippen LogP contribution is -2.30. The third-order valence-electron chi connectivity index (χ3n) is 4.09. The smallest absolute Gasteiger partial charge is 0.308 e. The Labute approximate surface area is 170 Å². The number of aryl methyl sites for hydroxylation is 1. The number of rotatable bonds is 10. The van der Waals surface area contributed by atoms with E-state index in [1.165, 1.54) is 13.0 Å². The van der Waals surface area contributed by atoms with Gasteiger partial charge in [-0.2, -0.15) is 0 Å². The molecule has 0 atom stereocenters. The molecule has 2 rings (SSSR count). The van der Waals surface area contributed by atoms with Gasteiger partial charge in [-0.25, -0.2) is 0 Å². The van der Waals surface area contributed by atoms with Gasteiger partial charge in [-0.3, -0.25) is 14.4 Å². The van der Waals surface area contributed by atoms with Crippen molar-refractivity contribution in [3.8, 4) is 11.5 Å². The molecule has 0 radical (unpaired) electrons. The molecule has 154 valence electrons. The average Bonchev–Trinajstić information content (AvgIpc) is 2.71. The second-order valence-electron chi connectivity index (χ2n) is 6.43. The molecule has 0 aliphatic heterocycles. The van der Waals surface area contributed by atoms with Gasteiger partial charge in [0.2, 0.25) is 5.91 Å². The van der Waals surface area contributed by atoms with E-state index in [0.29, 0.717) is 43.7 Å². The molecule has 0 saturated heterocycles. The monoisotopic (exact) mass is 398 g/mol. The highest BCUT2D eigenvalue weighted by atomic mass is 16.5. The lowest BCUT2D eigenvalue weighted by atomic mass is 10.1. The minimum Gasteiger partial charge on any atom is -0.497 e. The van der Waals surface area contributed by atoms with Crippen LogP contribution in [-0.4, -0.2) is 38.0 Å². The molecule has 7 nitrogen and oxygen atoms in total. The van der Waals surface area contributed by atoms with Gasteiger partial charge in [0.05, 0.1) is 7.11 Å². The fraction of sp³-hybridized carbons (Fsp3) is 0.318. The fourth-order valence-corrected chi connectivity index (χ4v) is 2.66. The van der Waals surface area contributed by atoms with E-state index in [4.69, 9.17) is 9.47 Å². The van der Waals surface area contributed by atoms with Crippen molar-refractivity contribution < 1.29 is 23.9 Å². The van der Waals surface area contributed by atoms with Crippen LogP contribution in [0.15, 0.2) is 48.5 Å². The van der Waals surface area contributed by atoms with Crippen LogP contribution >= 0.6 is 0 Å². The van der Waals surface area contributed by atoms with Gasteiger partial charge in [0.15, 0.2) is 0 Å². The van der Waals surface area contributed by atoms with E-state index < -0.39 is 5.97 Å². The van der Waals surface area contributed by atoms with Gasteiger partial charge >= 0.3 is 5.97 Å². The molecule has 0 unspecified atom stereocenters. The molecule has 2 amide bonds. The summed E-state index contributed by atoms with van der Waals surface area (Å²) < 4.78 is 10.1. The summed E-state index contributed by atoms with van der Waals surface area (Å²) in [5.41, 5.74) is 1.45. The van der Waals surface area contributed by atoms with Crippen molar-refractivity contribution in [3.63, 3.8) is 0 Å². The number of carbonyl (C=O) groups is 3. The maximum absolute atomic E-state index is 12.1. The first kappa shape index (κ1) is 21.9. The van der Waals surface area contributed by atoms with Gasteiger partial charge in [-0.15, -0.1) is 0 Å². The summed E-state index contributed by atoms with van der Waals surface area (Å²) in [6.45, 7) is 2.20. The van der Waals surface area contributed by atoms with Crippen LogP contribution in [0.5, 0.6) is 11.5 Å². The SMILES string of the molecule is COc1cccc(CCC(=O)NCCCNC(=O)c2cccc(OC(C)=O)c2)c1. The van der Waals surface area contributed by atoms with Crippen molar-refractivity contribution in [1.29, 1.82) is 0 Å². The Morgan fingerprint density at radius 2 is 1.66 bits per heavy atom. The molecule has 7 heteroatoms. The Balaban J connectivity index is 1.64. The molecular formula is C22H26N2O5. The number of benzene rings is 2. The van der Waals surface area contributed by atoms with Gasteiger partial charge in [-0.1, -0.05) is 18.2 Å². The first-order chi connectivity index (χ1) is 14.0. The maximum Gasteiger partial charge on any atom is 0.308 e. The molecule has 2 aromatic rings. The molecule has 0 heterocycles. The molecule has 2 N–H and O–H groups in total. The Morgan fingerprint density at radius 1 is 0.931 bits per heavy atom. The lowest BCUT2D eigenvalue weighted by Gasteiger charge is -2.08. The van der Waals surface area contributed by atoms with E-state index in [9.17, 15) is 14.4 Å². The van der Waals surface area contributed by atoms with E-state index in [0.717, 1.165) is 11.3 Å². The predicted molar refractivity (Wildman–Crippen MR) is 109 cm³/mol. The molecule has 0 aliphatic carbocycles. The lowest BCUT2D eigenvalue weighted by molar-refractivity contribution is -0.131. The molecule has 0 fully saturated rings. The molecule has 0 spiro atoms. The van der Waals surface area contributed by atoms with Crippen molar-refractivity contribution in [2.24, 2.45) is 0 Å². The van der Waals surface area contributed by atoms with Crippen LogP contribution in [0.4, 0.5) is 0 Å². The zero-order valence-corrected chi connectivity index (χ0v) is 16.7. The van der Waals surface area contributed by atoms with Crippen molar-refractivity contribution >= 4 is 17.8 Å². The van der Waals surface area contributed by atoms with Gasteiger partial charge < -0.3 is 20.1 Å². The highest BCUT2D eigenvalue weighted by Crippen LogP contribution is 2.14. The number of nitrogens with one attached hydrogen (secondary N) is 2. The zero-order chi connectivity index (χ0) is 21.1. The Morgan fingerprint density at radius 3 is 2.41 bits per heavy atom. The van der Waals surface area contributed by atoms with E-state index in [2.05, 4.69) is 10.6 Å². The van der Waals surface area contributed by atoms with Gasteiger partial charge in [-0.05, 0) is 48.7 Å². The molecule has 0 aliphatic rings. The number of ether oxygens (including phenoxy) is 2. The number of hydrogen-bond acceptors (Lipinski definition) is 5. The first-order valence-electron chi connectivity index (χ1n) is 9.44. The summed E-state index contributed by atoms with van der Waals surface area (Å²) in [6, 6.07) is 14.1. The van der Waals surface area contributed by atoms with Crippen LogP contribution in [0.3, 0.4) is 0 Å². The summed E-state index contributed by atoms with van der Waals surface area (Å²) in [5, 5.41) is 5.63. The zero-order valence-electron chi connectivity index (χ0n) is 16.7. The van der Waals surface area contributed by atoms with E-state index in [-0.39, 0.29) is 11.8 Å². The third-order valence-corrected chi connectivity index (χ3v) is 4.09. The summed E-state index contributed by atoms with van der Waals surface area (Å²) >= 11 is 0. The molecule has 2 aromatic carbocycles. The van der Waals surface area contributed by atoms with Crippen molar-refractivity contribution in [2.45, 2.75) is 26.2 Å².